The second-order valence-corrected chi connectivity index (χ2v) is 7.87. The Balaban J connectivity index is 0.00000115. The number of nitrogens with one attached hydrogen (secondary N) is 1. The highest BCUT2D eigenvalue weighted by Gasteiger charge is 2.30. The third kappa shape index (κ3) is 7.49. The van der Waals surface area contributed by atoms with Gasteiger partial charge in [0.25, 0.3) is 0 Å². The lowest BCUT2D eigenvalue weighted by Crippen LogP contribution is -2.29. The van der Waals surface area contributed by atoms with Crippen LogP contribution in [0.15, 0.2) is 66.7 Å². The zero-order chi connectivity index (χ0) is 26.3. The highest BCUT2D eigenvalue weighted by Crippen LogP contribution is 2.31. The van der Waals surface area contributed by atoms with Crippen LogP contribution in [-0.4, -0.2) is 15.0 Å². The summed E-state index contributed by atoms with van der Waals surface area (Å²) in [6, 6.07) is 14.6. The molecule has 0 spiro atoms. The average Bonchev–Trinajstić information content (AvgIpc) is 2.83. The van der Waals surface area contributed by atoms with Crippen LogP contribution in [-0.2, 0) is 19.0 Å². The molecular weight excluding hydrogens is 503 g/mol. The van der Waals surface area contributed by atoms with Crippen molar-refractivity contribution in [2.45, 2.75) is 19.0 Å². The first-order valence-corrected chi connectivity index (χ1v) is 10.7. The molecule has 0 amide bonds. The Morgan fingerprint density at radius 2 is 1.36 bits per heavy atom. The maximum atomic E-state index is 13.5. The summed E-state index contributed by atoms with van der Waals surface area (Å²) in [6.07, 6.45) is -4.15. The average molecular weight is 523 g/mol. The van der Waals surface area contributed by atoms with Crippen molar-refractivity contribution in [2.24, 2.45) is 11.7 Å². The molecule has 0 radical (unpaired) electrons. The number of aromatic nitrogens is 3. The molecular formula is C24H20ClF5N6. The van der Waals surface area contributed by atoms with E-state index in [2.05, 4.69) is 26.6 Å². The Morgan fingerprint density at radius 1 is 0.778 bits per heavy atom. The second kappa shape index (κ2) is 12.0. The summed E-state index contributed by atoms with van der Waals surface area (Å²) in [7, 11) is 0. The van der Waals surface area contributed by atoms with Crippen LogP contribution in [0.4, 0.5) is 22.0 Å². The number of nitrogens with two attached hydrogens (primary N) is 2. The zero-order valence-electron chi connectivity index (χ0n) is 18.5. The SMILES string of the molecule is Fc1ccc(Cc2nc(Cc3ccc(F)c(Cl)c3)nc(-c3cccc(C(F)(F)F)c3)n2)cc1.NNN. The van der Waals surface area contributed by atoms with Crippen LogP contribution in [0.25, 0.3) is 11.4 Å². The standard InChI is InChI=1S/C24H15ClF5N3.H5N3/c25-19-10-15(6-9-20(19)27)12-22-31-21(11-14-4-7-18(26)8-5-14)32-23(33-22)16-2-1-3-17(13-16)24(28,29)30;1-3-2/h1-10,13H,11-12H2;3H,1-2H2. The number of benzene rings is 3. The second-order valence-electron chi connectivity index (χ2n) is 7.47. The van der Waals surface area contributed by atoms with E-state index in [1.807, 2.05) is 0 Å². The molecule has 36 heavy (non-hydrogen) atoms. The normalized spacial score (nSPS) is 11.1. The van der Waals surface area contributed by atoms with E-state index in [0.29, 0.717) is 17.0 Å². The van der Waals surface area contributed by atoms with Crippen molar-refractivity contribution in [1.29, 1.82) is 0 Å². The molecule has 188 valence electrons. The maximum absolute atomic E-state index is 13.5. The molecule has 0 saturated heterocycles. The Hall–Kier alpha value is -3.51. The van der Waals surface area contributed by atoms with Gasteiger partial charge in [0.1, 0.15) is 23.3 Å². The van der Waals surface area contributed by atoms with Crippen molar-refractivity contribution >= 4 is 11.6 Å². The third-order valence-electron chi connectivity index (χ3n) is 4.80. The molecule has 0 unspecified atom stereocenters. The van der Waals surface area contributed by atoms with E-state index in [-0.39, 0.29) is 35.1 Å². The van der Waals surface area contributed by atoms with Crippen molar-refractivity contribution < 1.29 is 22.0 Å². The minimum Gasteiger partial charge on any atom is -0.258 e. The number of hydrogen-bond acceptors (Lipinski definition) is 6. The fraction of sp³-hybridized carbons (Fsp3) is 0.125. The number of hydrazine groups is 2. The Labute approximate surface area is 208 Å². The van der Waals surface area contributed by atoms with E-state index in [9.17, 15) is 22.0 Å². The van der Waals surface area contributed by atoms with Crippen LogP contribution < -0.4 is 17.2 Å². The molecule has 0 aliphatic heterocycles. The van der Waals surface area contributed by atoms with Gasteiger partial charge in [-0.1, -0.05) is 41.9 Å². The number of rotatable bonds is 5. The van der Waals surface area contributed by atoms with E-state index in [4.69, 9.17) is 11.6 Å². The van der Waals surface area contributed by atoms with Gasteiger partial charge in [0.05, 0.1) is 10.6 Å². The minimum absolute atomic E-state index is 0.0637. The number of nitrogens with zero attached hydrogens (tertiary/aromatic N) is 3. The van der Waals surface area contributed by atoms with Crippen LogP contribution >= 0.6 is 11.6 Å². The molecule has 1 aromatic heterocycles. The highest BCUT2D eigenvalue weighted by molar-refractivity contribution is 6.30. The molecule has 4 aromatic rings. The molecule has 3 aromatic carbocycles. The van der Waals surface area contributed by atoms with Gasteiger partial charge in [0.2, 0.25) is 0 Å². The maximum Gasteiger partial charge on any atom is 0.416 e. The van der Waals surface area contributed by atoms with Gasteiger partial charge in [-0.15, -0.1) is 0 Å². The van der Waals surface area contributed by atoms with Gasteiger partial charge in [-0.25, -0.2) is 23.7 Å². The molecule has 0 aliphatic rings. The topological polar surface area (TPSA) is 103 Å². The summed E-state index contributed by atoms with van der Waals surface area (Å²) in [6.45, 7) is 0. The summed E-state index contributed by atoms with van der Waals surface area (Å²) in [4.78, 5) is 13.1. The van der Waals surface area contributed by atoms with E-state index in [1.165, 1.54) is 42.5 Å². The monoisotopic (exact) mass is 522 g/mol. The summed E-state index contributed by atoms with van der Waals surface area (Å²) in [5.74, 6) is 8.42. The quantitative estimate of drug-likeness (QED) is 0.194. The van der Waals surface area contributed by atoms with Crippen LogP contribution in [0.3, 0.4) is 0 Å². The lowest BCUT2D eigenvalue weighted by Gasteiger charge is -2.11. The number of hydrogen-bond donors (Lipinski definition) is 3. The van der Waals surface area contributed by atoms with Crippen molar-refractivity contribution in [2.75, 3.05) is 0 Å². The van der Waals surface area contributed by atoms with Gasteiger partial charge in [-0.3, -0.25) is 11.7 Å². The van der Waals surface area contributed by atoms with Gasteiger partial charge >= 0.3 is 6.18 Å². The Kier molecular flexibility index (Phi) is 8.99. The van der Waals surface area contributed by atoms with Crippen molar-refractivity contribution in [3.8, 4) is 11.4 Å². The summed E-state index contributed by atoms with van der Waals surface area (Å²) >= 11 is 5.85. The van der Waals surface area contributed by atoms with Gasteiger partial charge < -0.3 is 0 Å². The van der Waals surface area contributed by atoms with E-state index in [1.54, 1.807) is 17.7 Å². The number of halogens is 6. The molecule has 0 fully saturated rings. The van der Waals surface area contributed by atoms with Crippen molar-refractivity contribution in [3.63, 3.8) is 0 Å². The van der Waals surface area contributed by atoms with E-state index in [0.717, 1.165) is 12.1 Å². The van der Waals surface area contributed by atoms with Crippen LogP contribution in [0.5, 0.6) is 0 Å². The van der Waals surface area contributed by atoms with Gasteiger partial charge in [-0.05, 0) is 47.5 Å². The van der Waals surface area contributed by atoms with Crippen LogP contribution in [0, 0.1) is 11.6 Å². The highest BCUT2D eigenvalue weighted by atomic mass is 35.5. The molecule has 0 bridgehead atoms. The molecule has 0 atom stereocenters. The first kappa shape index (κ1) is 27.1. The Bertz CT molecular complexity index is 1320. The lowest BCUT2D eigenvalue weighted by atomic mass is 10.1. The van der Waals surface area contributed by atoms with Crippen LogP contribution in [0.1, 0.15) is 28.3 Å². The molecule has 0 saturated carbocycles. The predicted octanol–water partition coefficient (Wildman–Crippen LogP) is 4.99. The molecule has 12 heteroatoms. The van der Waals surface area contributed by atoms with Crippen molar-refractivity contribution in [1.82, 2.24) is 20.5 Å². The summed E-state index contributed by atoms with van der Waals surface area (Å²) in [5, 5.41) is -0.0637. The van der Waals surface area contributed by atoms with Gasteiger partial charge in [-0.2, -0.15) is 18.7 Å². The largest absolute Gasteiger partial charge is 0.416 e. The predicted molar refractivity (Wildman–Crippen MR) is 125 cm³/mol. The third-order valence-corrected chi connectivity index (χ3v) is 5.09. The summed E-state index contributed by atoms with van der Waals surface area (Å²) < 4.78 is 66.3. The fourth-order valence-corrected chi connectivity index (χ4v) is 3.41. The Morgan fingerprint density at radius 3 is 1.94 bits per heavy atom. The zero-order valence-corrected chi connectivity index (χ0v) is 19.3. The minimum atomic E-state index is -4.52. The molecule has 5 N–H and O–H groups in total. The first-order valence-electron chi connectivity index (χ1n) is 10.3. The molecule has 6 nitrogen and oxygen atoms in total. The van der Waals surface area contributed by atoms with Crippen LogP contribution in [0.2, 0.25) is 5.02 Å². The van der Waals surface area contributed by atoms with Gasteiger partial charge in [0.15, 0.2) is 5.82 Å². The van der Waals surface area contributed by atoms with E-state index < -0.39 is 23.4 Å². The summed E-state index contributed by atoms with van der Waals surface area (Å²) in [5.41, 5.74) is 2.43. The molecule has 1 heterocycles. The van der Waals surface area contributed by atoms with Crippen molar-refractivity contribution in [3.05, 3.63) is 112 Å². The van der Waals surface area contributed by atoms with E-state index >= 15 is 0 Å². The molecule has 4 rings (SSSR count). The lowest BCUT2D eigenvalue weighted by molar-refractivity contribution is -0.137. The van der Waals surface area contributed by atoms with Gasteiger partial charge in [0, 0.05) is 18.4 Å². The smallest absolute Gasteiger partial charge is 0.258 e. The first-order chi connectivity index (χ1) is 17.1. The molecule has 0 aliphatic carbocycles. The number of alkyl halides is 3. The fourth-order valence-electron chi connectivity index (χ4n) is 3.21.